The average Bonchev–Trinajstić information content (AvgIpc) is 2.27. The van der Waals surface area contributed by atoms with Crippen LogP contribution in [0, 0.1) is 0 Å². The summed E-state index contributed by atoms with van der Waals surface area (Å²) >= 11 is 0. The van der Waals surface area contributed by atoms with E-state index in [0.29, 0.717) is 12.3 Å². The van der Waals surface area contributed by atoms with Gasteiger partial charge in [-0.15, -0.1) is 0 Å². The van der Waals surface area contributed by atoms with E-state index in [1.54, 1.807) is 0 Å². The van der Waals surface area contributed by atoms with Crippen LogP contribution in [-0.4, -0.2) is 30.5 Å². The monoisotopic (exact) mass is 221 g/mol. The molecule has 0 saturated heterocycles. The van der Waals surface area contributed by atoms with Crippen molar-refractivity contribution in [2.75, 3.05) is 13.7 Å². The molecular weight excluding hydrogens is 206 g/mol. The first-order valence-electron chi connectivity index (χ1n) is 4.99. The molecule has 0 unspecified atom stereocenters. The zero-order valence-corrected chi connectivity index (χ0v) is 9.22. The van der Waals surface area contributed by atoms with Gasteiger partial charge in [0.15, 0.2) is 0 Å². The van der Waals surface area contributed by atoms with Crippen LogP contribution in [0.4, 0.5) is 0 Å². The molecule has 0 aromatic heterocycles. The highest BCUT2D eigenvalue weighted by molar-refractivity contribution is 5.99. The number of rotatable bonds is 6. The van der Waals surface area contributed by atoms with Crippen molar-refractivity contribution in [2.24, 2.45) is 4.99 Å². The molecule has 0 aliphatic heterocycles. The number of ether oxygens (including phenoxy) is 1. The van der Waals surface area contributed by atoms with Gasteiger partial charge in [-0.1, -0.05) is 30.3 Å². The van der Waals surface area contributed by atoms with Gasteiger partial charge in [-0.25, -0.2) is 0 Å². The van der Waals surface area contributed by atoms with Gasteiger partial charge in [-0.3, -0.25) is 9.79 Å². The number of aliphatic carboxylic acids is 1. The maximum absolute atomic E-state index is 10.6. The number of benzene rings is 1. The van der Waals surface area contributed by atoms with E-state index in [4.69, 9.17) is 9.84 Å². The first kappa shape index (κ1) is 12.4. The lowest BCUT2D eigenvalue weighted by atomic mass is 10.2. The SMILES string of the molecule is COCC(CC(=O)O)=NCc1ccccc1. The summed E-state index contributed by atoms with van der Waals surface area (Å²) in [5, 5.41) is 8.67. The molecule has 0 heterocycles. The van der Waals surface area contributed by atoms with E-state index in [0.717, 1.165) is 5.56 Å². The fraction of sp³-hybridized carbons (Fsp3) is 0.333. The molecule has 0 spiro atoms. The van der Waals surface area contributed by atoms with Gasteiger partial charge in [0.2, 0.25) is 0 Å². The van der Waals surface area contributed by atoms with Crippen LogP contribution in [0.5, 0.6) is 0 Å². The quantitative estimate of drug-likeness (QED) is 0.744. The van der Waals surface area contributed by atoms with Crippen LogP contribution in [0.1, 0.15) is 12.0 Å². The lowest BCUT2D eigenvalue weighted by Gasteiger charge is -2.03. The number of carbonyl (C=O) groups is 1. The summed E-state index contributed by atoms with van der Waals surface area (Å²) in [6.45, 7) is 0.756. The highest BCUT2D eigenvalue weighted by atomic mass is 16.5. The second-order valence-corrected chi connectivity index (χ2v) is 3.37. The van der Waals surface area contributed by atoms with Crippen LogP contribution >= 0.6 is 0 Å². The summed E-state index contributed by atoms with van der Waals surface area (Å²) in [7, 11) is 1.53. The largest absolute Gasteiger partial charge is 0.481 e. The number of hydrogen-bond acceptors (Lipinski definition) is 3. The number of carboxylic acid groups (broad SMARTS) is 1. The average molecular weight is 221 g/mol. The van der Waals surface area contributed by atoms with E-state index in [9.17, 15) is 4.79 Å². The molecule has 16 heavy (non-hydrogen) atoms. The fourth-order valence-electron chi connectivity index (χ4n) is 1.28. The molecule has 0 aliphatic carbocycles. The lowest BCUT2D eigenvalue weighted by molar-refractivity contribution is -0.135. The summed E-state index contributed by atoms with van der Waals surface area (Å²) in [4.78, 5) is 14.8. The third-order valence-corrected chi connectivity index (χ3v) is 1.99. The van der Waals surface area contributed by atoms with Crippen LogP contribution < -0.4 is 0 Å². The topological polar surface area (TPSA) is 58.9 Å². The first-order chi connectivity index (χ1) is 7.72. The maximum atomic E-state index is 10.6. The zero-order valence-electron chi connectivity index (χ0n) is 9.22. The molecule has 1 aromatic rings. The highest BCUT2D eigenvalue weighted by Crippen LogP contribution is 2.01. The van der Waals surface area contributed by atoms with E-state index in [1.807, 2.05) is 30.3 Å². The standard InChI is InChI=1S/C12H15NO3/c1-16-9-11(7-12(14)15)13-8-10-5-3-2-4-6-10/h2-6H,7-9H2,1H3,(H,14,15). The molecule has 4 nitrogen and oxygen atoms in total. The molecule has 1 aromatic carbocycles. The van der Waals surface area contributed by atoms with E-state index in [-0.39, 0.29) is 13.0 Å². The van der Waals surface area contributed by atoms with Crippen molar-refractivity contribution in [2.45, 2.75) is 13.0 Å². The van der Waals surface area contributed by atoms with Crippen LogP contribution in [-0.2, 0) is 16.1 Å². The minimum absolute atomic E-state index is 0.0688. The molecule has 0 saturated carbocycles. The Bertz CT molecular complexity index is 360. The molecule has 0 aliphatic rings. The van der Waals surface area contributed by atoms with Gasteiger partial charge in [0.05, 0.1) is 19.6 Å². The Morgan fingerprint density at radius 3 is 2.62 bits per heavy atom. The van der Waals surface area contributed by atoms with E-state index >= 15 is 0 Å². The Balaban J connectivity index is 2.60. The van der Waals surface area contributed by atoms with Crippen molar-refractivity contribution < 1.29 is 14.6 Å². The molecule has 1 N–H and O–H groups in total. The first-order valence-corrected chi connectivity index (χ1v) is 4.99. The Labute approximate surface area is 94.6 Å². The van der Waals surface area contributed by atoms with Gasteiger partial charge in [0.25, 0.3) is 0 Å². The van der Waals surface area contributed by atoms with Crippen molar-refractivity contribution >= 4 is 11.7 Å². The predicted molar refractivity (Wildman–Crippen MR) is 61.7 cm³/mol. The molecule has 0 fully saturated rings. The second kappa shape index (κ2) is 6.74. The van der Waals surface area contributed by atoms with Crippen molar-refractivity contribution in [1.82, 2.24) is 0 Å². The zero-order chi connectivity index (χ0) is 11.8. The summed E-state index contributed by atoms with van der Waals surface area (Å²) in [5.74, 6) is -0.885. The van der Waals surface area contributed by atoms with Crippen LogP contribution in [0.3, 0.4) is 0 Å². The van der Waals surface area contributed by atoms with Crippen molar-refractivity contribution in [3.8, 4) is 0 Å². The van der Waals surface area contributed by atoms with Crippen molar-refractivity contribution in [1.29, 1.82) is 0 Å². The summed E-state index contributed by atoms with van der Waals surface area (Å²) in [5.41, 5.74) is 1.61. The van der Waals surface area contributed by atoms with Crippen molar-refractivity contribution in [3.63, 3.8) is 0 Å². The summed E-state index contributed by atoms with van der Waals surface area (Å²) in [6.07, 6.45) is -0.0688. The Morgan fingerprint density at radius 2 is 2.06 bits per heavy atom. The fourth-order valence-corrected chi connectivity index (χ4v) is 1.28. The van der Waals surface area contributed by atoms with Gasteiger partial charge in [0.1, 0.15) is 0 Å². The third kappa shape index (κ3) is 4.70. The Hall–Kier alpha value is -1.68. The van der Waals surface area contributed by atoms with Gasteiger partial charge < -0.3 is 9.84 Å². The second-order valence-electron chi connectivity index (χ2n) is 3.37. The van der Waals surface area contributed by atoms with Crippen LogP contribution in [0.25, 0.3) is 0 Å². The molecule has 1 rings (SSSR count). The number of aliphatic imine (C=N–C) groups is 1. The maximum Gasteiger partial charge on any atom is 0.309 e. The molecule has 0 bridgehead atoms. The smallest absolute Gasteiger partial charge is 0.309 e. The van der Waals surface area contributed by atoms with E-state index in [2.05, 4.69) is 4.99 Å². The Kier molecular flexibility index (Phi) is 5.22. The van der Waals surface area contributed by atoms with E-state index < -0.39 is 5.97 Å². The molecule has 4 heteroatoms. The van der Waals surface area contributed by atoms with Gasteiger partial charge in [-0.05, 0) is 5.56 Å². The van der Waals surface area contributed by atoms with Crippen LogP contribution in [0.2, 0.25) is 0 Å². The predicted octanol–water partition coefficient (Wildman–Crippen LogP) is 1.75. The minimum atomic E-state index is -0.885. The van der Waals surface area contributed by atoms with Gasteiger partial charge >= 0.3 is 5.97 Å². The van der Waals surface area contributed by atoms with Gasteiger partial charge in [0, 0.05) is 12.8 Å². The molecule has 0 atom stereocenters. The molecule has 86 valence electrons. The number of hydrogen-bond donors (Lipinski definition) is 1. The minimum Gasteiger partial charge on any atom is -0.481 e. The highest BCUT2D eigenvalue weighted by Gasteiger charge is 2.04. The number of methoxy groups -OCH3 is 1. The Morgan fingerprint density at radius 1 is 1.38 bits per heavy atom. The van der Waals surface area contributed by atoms with Gasteiger partial charge in [-0.2, -0.15) is 0 Å². The van der Waals surface area contributed by atoms with E-state index in [1.165, 1.54) is 7.11 Å². The molecule has 0 radical (unpaired) electrons. The molecule has 0 amide bonds. The van der Waals surface area contributed by atoms with Crippen LogP contribution in [0.15, 0.2) is 35.3 Å². The molecular formula is C12H15NO3. The normalized spacial score (nSPS) is 11.4. The number of carboxylic acids is 1. The number of nitrogens with zero attached hydrogens (tertiary/aromatic N) is 1. The summed E-state index contributed by atoms with van der Waals surface area (Å²) in [6, 6.07) is 9.69. The lowest BCUT2D eigenvalue weighted by Crippen LogP contribution is -2.13. The summed E-state index contributed by atoms with van der Waals surface area (Å²) < 4.78 is 4.90. The van der Waals surface area contributed by atoms with Crippen molar-refractivity contribution in [3.05, 3.63) is 35.9 Å². The third-order valence-electron chi connectivity index (χ3n) is 1.99.